The molecule has 0 fully saturated rings. The van der Waals surface area contributed by atoms with Crippen molar-refractivity contribution in [3.8, 4) is 17.6 Å². The zero-order valence-corrected chi connectivity index (χ0v) is 12.7. The fourth-order valence-corrected chi connectivity index (χ4v) is 2.56. The van der Waals surface area contributed by atoms with Gasteiger partial charge in [-0.3, -0.25) is 0 Å². The van der Waals surface area contributed by atoms with Gasteiger partial charge in [0.1, 0.15) is 12.4 Å². The highest BCUT2D eigenvalue weighted by atomic mass is 32.1. The van der Waals surface area contributed by atoms with Gasteiger partial charge in [0, 0.05) is 5.56 Å². The molecule has 2 N–H and O–H groups in total. The summed E-state index contributed by atoms with van der Waals surface area (Å²) in [6.07, 6.45) is 0. The summed E-state index contributed by atoms with van der Waals surface area (Å²) in [5.41, 5.74) is 7.71. The number of hydrogen-bond donors (Lipinski definition) is 1. The van der Waals surface area contributed by atoms with Crippen LogP contribution in [0.5, 0.6) is 5.75 Å². The Morgan fingerprint density at radius 2 is 2.15 bits per heavy atom. The molecule has 1 aromatic carbocycles. The lowest BCUT2D eigenvalue weighted by Crippen LogP contribution is -1.97. The van der Waals surface area contributed by atoms with Crippen molar-refractivity contribution in [3.05, 3.63) is 51.7 Å². The Labute approximate surface area is 124 Å². The first-order chi connectivity index (χ1) is 9.70. The standard InChI is InChI=1S/C17H19NOS/c1-13(2)15-5-3-7-16(11-15)19-12-17-14(6-4-9-18)8-10-20-17/h3,5,7-8,10-11,13H,9,12,18H2,1-2H3. The molecule has 2 aromatic rings. The fourth-order valence-electron chi connectivity index (χ4n) is 1.82. The lowest BCUT2D eigenvalue weighted by molar-refractivity contribution is 0.309. The molecule has 0 unspecified atom stereocenters. The molecule has 0 aliphatic carbocycles. The number of benzene rings is 1. The van der Waals surface area contributed by atoms with E-state index in [-0.39, 0.29) is 0 Å². The highest BCUT2D eigenvalue weighted by Gasteiger charge is 2.05. The van der Waals surface area contributed by atoms with E-state index in [2.05, 4.69) is 37.8 Å². The zero-order chi connectivity index (χ0) is 14.4. The van der Waals surface area contributed by atoms with E-state index in [0.29, 0.717) is 19.1 Å². The first kappa shape index (κ1) is 14.6. The van der Waals surface area contributed by atoms with E-state index >= 15 is 0 Å². The second-order valence-electron chi connectivity index (χ2n) is 4.78. The molecule has 0 aliphatic rings. The summed E-state index contributed by atoms with van der Waals surface area (Å²) in [6.45, 7) is 5.29. The van der Waals surface area contributed by atoms with Gasteiger partial charge in [-0.05, 0) is 35.1 Å². The summed E-state index contributed by atoms with van der Waals surface area (Å²) in [6, 6.07) is 10.3. The Morgan fingerprint density at radius 1 is 1.30 bits per heavy atom. The van der Waals surface area contributed by atoms with Crippen LogP contribution in [0.1, 0.15) is 35.8 Å². The Kier molecular flexibility index (Phi) is 5.23. The van der Waals surface area contributed by atoms with E-state index in [1.165, 1.54) is 5.56 Å². The predicted octanol–water partition coefficient (Wildman–Crippen LogP) is 3.76. The third-order valence-electron chi connectivity index (χ3n) is 2.97. The van der Waals surface area contributed by atoms with Crippen LogP contribution in [-0.2, 0) is 6.61 Å². The van der Waals surface area contributed by atoms with Crippen LogP contribution >= 0.6 is 11.3 Å². The average molecular weight is 285 g/mol. The number of hydrogen-bond acceptors (Lipinski definition) is 3. The second-order valence-corrected chi connectivity index (χ2v) is 5.78. The summed E-state index contributed by atoms with van der Waals surface area (Å²) >= 11 is 1.66. The van der Waals surface area contributed by atoms with Gasteiger partial charge in [-0.15, -0.1) is 11.3 Å². The van der Waals surface area contributed by atoms with Crippen molar-refractivity contribution in [3.63, 3.8) is 0 Å². The Morgan fingerprint density at radius 3 is 2.90 bits per heavy atom. The summed E-state index contributed by atoms with van der Waals surface area (Å²) in [4.78, 5) is 1.14. The molecule has 0 aliphatic heterocycles. The summed E-state index contributed by atoms with van der Waals surface area (Å²) in [5, 5.41) is 2.03. The van der Waals surface area contributed by atoms with Gasteiger partial charge in [0.15, 0.2) is 0 Å². The van der Waals surface area contributed by atoms with Crippen molar-refractivity contribution in [2.24, 2.45) is 5.73 Å². The highest BCUT2D eigenvalue weighted by molar-refractivity contribution is 7.10. The minimum Gasteiger partial charge on any atom is -0.488 e. The van der Waals surface area contributed by atoms with E-state index in [1.807, 2.05) is 23.6 Å². The summed E-state index contributed by atoms with van der Waals surface area (Å²) < 4.78 is 5.87. The number of nitrogens with two attached hydrogens (primary N) is 1. The SMILES string of the molecule is CC(C)c1cccc(OCc2sccc2C#CCN)c1. The van der Waals surface area contributed by atoms with Crippen LogP contribution in [0, 0.1) is 11.8 Å². The molecule has 104 valence electrons. The Balaban J connectivity index is 2.05. The predicted molar refractivity (Wildman–Crippen MR) is 85.1 cm³/mol. The maximum absolute atomic E-state index is 5.87. The molecule has 20 heavy (non-hydrogen) atoms. The molecular weight excluding hydrogens is 266 g/mol. The van der Waals surface area contributed by atoms with E-state index in [9.17, 15) is 0 Å². The number of thiophene rings is 1. The van der Waals surface area contributed by atoms with Crippen LogP contribution in [0.4, 0.5) is 0 Å². The van der Waals surface area contributed by atoms with Gasteiger partial charge in [0.05, 0.1) is 11.4 Å². The Bertz CT molecular complexity index is 619. The maximum Gasteiger partial charge on any atom is 0.124 e. The van der Waals surface area contributed by atoms with E-state index in [4.69, 9.17) is 10.5 Å². The third-order valence-corrected chi connectivity index (χ3v) is 3.86. The summed E-state index contributed by atoms with van der Waals surface area (Å²) in [5.74, 6) is 7.37. The molecule has 0 amide bonds. The number of ether oxygens (including phenoxy) is 1. The lowest BCUT2D eigenvalue weighted by atomic mass is 10.0. The zero-order valence-electron chi connectivity index (χ0n) is 11.8. The maximum atomic E-state index is 5.87. The highest BCUT2D eigenvalue weighted by Crippen LogP contribution is 2.23. The van der Waals surface area contributed by atoms with Gasteiger partial charge in [0.25, 0.3) is 0 Å². The van der Waals surface area contributed by atoms with Crippen molar-refractivity contribution in [1.82, 2.24) is 0 Å². The van der Waals surface area contributed by atoms with Crippen LogP contribution in [0.25, 0.3) is 0 Å². The molecule has 0 radical (unpaired) electrons. The molecule has 2 nitrogen and oxygen atoms in total. The van der Waals surface area contributed by atoms with E-state index in [0.717, 1.165) is 16.2 Å². The normalized spacial score (nSPS) is 10.2. The molecule has 0 atom stereocenters. The molecule has 0 saturated carbocycles. The average Bonchev–Trinajstić information content (AvgIpc) is 2.90. The molecule has 1 aromatic heterocycles. The molecule has 0 bridgehead atoms. The quantitative estimate of drug-likeness (QED) is 0.868. The molecule has 3 heteroatoms. The van der Waals surface area contributed by atoms with Crippen LogP contribution in [-0.4, -0.2) is 6.54 Å². The van der Waals surface area contributed by atoms with Gasteiger partial charge < -0.3 is 10.5 Å². The van der Waals surface area contributed by atoms with Crippen molar-refractivity contribution < 1.29 is 4.74 Å². The van der Waals surface area contributed by atoms with Gasteiger partial charge in [-0.25, -0.2) is 0 Å². The molecule has 1 heterocycles. The topological polar surface area (TPSA) is 35.2 Å². The monoisotopic (exact) mass is 285 g/mol. The van der Waals surface area contributed by atoms with E-state index in [1.54, 1.807) is 11.3 Å². The number of rotatable bonds is 4. The van der Waals surface area contributed by atoms with Gasteiger partial charge >= 0.3 is 0 Å². The van der Waals surface area contributed by atoms with Crippen molar-refractivity contribution in [2.45, 2.75) is 26.4 Å². The minimum absolute atomic E-state index is 0.382. The largest absolute Gasteiger partial charge is 0.488 e. The third kappa shape index (κ3) is 3.86. The van der Waals surface area contributed by atoms with Crippen LogP contribution in [0.15, 0.2) is 35.7 Å². The van der Waals surface area contributed by atoms with Crippen LogP contribution < -0.4 is 10.5 Å². The van der Waals surface area contributed by atoms with Crippen molar-refractivity contribution in [2.75, 3.05) is 6.54 Å². The fraction of sp³-hybridized carbons (Fsp3) is 0.294. The van der Waals surface area contributed by atoms with Gasteiger partial charge in [-0.1, -0.05) is 37.8 Å². The van der Waals surface area contributed by atoms with E-state index < -0.39 is 0 Å². The smallest absolute Gasteiger partial charge is 0.124 e. The minimum atomic E-state index is 0.382. The van der Waals surface area contributed by atoms with Crippen LogP contribution in [0.2, 0.25) is 0 Å². The van der Waals surface area contributed by atoms with Crippen LogP contribution in [0.3, 0.4) is 0 Å². The lowest BCUT2D eigenvalue weighted by Gasteiger charge is -2.09. The Hall–Kier alpha value is -1.76. The summed E-state index contributed by atoms with van der Waals surface area (Å²) in [7, 11) is 0. The molecule has 0 saturated heterocycles. The first-order valence-corrected chi connectivity index (χ1v) is 7.56. The van der Waals surface area contributed by atoms with Crippen molar-refractivity contribution in [1.29, 1.82) is 0 Å². The van der Waals surface area contributed by atoms with Gasteiger partial charge in [0.2, 0.25) is 0 Å². The van der Waals surface area contributed by atoms with Gasteiger partial charge in [-0.2, -0.15) is 0 Å². The first-order valence-electron chi connectivity index (χ1n) is 6.68. The molecular formula is C17H19NOS. The molecule has 0 spiro atoms. The van der Waals surface area contributed by atoms with Crippen molar-refractivity contribution >= 4 is 11.3 Å². The molecule has 2 rings (SSSR count). The second kappa shape index (κ2) is 7.14.